The maximum absolute atomic E-state index is 13.7. The first kappa shape index (κ1) is 25.9. The van der Waals surface area contributed by atoms with E-state index in [0.29, 0.717) is 26.3 Å². The van der Waals surface area contributed by atoms with E-state index < -0.39 is 18.0 Å². The molecule has 3 aromatic rings. The molecule has 1 aliphatic heterocycles. The molecule has 0 amide bonds. The Morgan fingerprint density at radius 2 is 1.81 bits per heavy atom. The first-order valence-electron chi connectivity index (χ1n) is 11.5. The van der Waals surface area contributed by atoms with Gasteiger partial charge in [-0.15, -0.1) is 0 Å². The van der Waals surface area contributed by atoms with Gasteiger partial charge in [-0.1, -0.05) is 29.5 Å². The Balaban J connectivity index is 1.92. The minimum atomic E-state index is -0.825. The summed E-state index contributed by atoms with van der Waals surface area (Å²) in [6.07, 6.45) is 1.77. The van der Waals surface area contributed by atoms with Gasteiger partial charge < -0.3 is 18.9 Å². The molecular formula is C27H26N2O7S. The Kier molecular flexibility index (Phi) is 7.58. The highest BCUT2D eigenvalue weighted by molar-refractivity contribution is 7.07. The Labute approximate surface area is 216 Å². The zero-order valence-corrected chi connectivity index (χ0v) is 21.9. The zero-order valence-electron chi connectivity index (χ0n) is 21.1. The van der Waals surface area contributed by atoms with Crippen molar-refractivity contribution in [3.63, 3.8) is 0 Å². The average molecular weight is 523 g/mol. The lowest BCUT2D eigenvalue weighted by Gasteiger charge is -2.25. The lowest BCUT2D eigenvalue weighted by Crippen LogP contribution is -2.40. The molecule has 0 N–H and O–H groups in total. The largest absolute Gasteiger partial charge is 0.497 e. The molecule has 0 aliphatic carbocycles. The van der Waals surface area contributed by atoms with Gasteiger partial charge in [-0.05, 0) is 55.3 Å². The molecule has 4 rings (SSSR count). The van der Waals surface area contributed by atoms with Crippen LogP contribution in [-0.4, -0.2) is 37.3 Å². The summed E-state index contributed by atoms with van der Waals surface area (Å²) in [6.45, 7) is 4.88. The minimum Gasteiger partial charge on any atom is -0.497 e. The summed E-state index contributed by atoms with van der Waals surface area (Å²) in [7, 11) is 3.03. The molecule has 0 saturated heterocycles. The van der Waals surface area contributed by atoms with Crippen molar-refractivity contribution in [1.82, 2.24) is 4.57 Å². The lowest BCUT2D eigenvalue weighted by molar-refractivity contribution is -0.139. The third kappa shape index (κ3) is 5.19. The van der Waals surface area contributed by atoms with Gasteiger partial charge in [0.05, 0.1) is 42.7 Å². The fourth-order valence-corrected chi connectivity index (χ4v) is 5.10. The van der Waals surface area contributed by atoms with Crippen molar-refractivity contribution in [2.24, 2.45) is 4.99 Å². The van der Waals surface area contributed by atoms with Crippen LogP contribution in [0.25, 0.3) is 6.08 Å². The number of fused-ring (bicyclic) bond motifs is 1. The number of nitrogens with zero attached hydrogens (tertiary/aromatic N) is 2. The molecule has 0 spiro atoms. The second kappa shape index (κ2) is 10.8. The average Bonchev–Trinajstić information content (AvgIpc) is 3.17. The molecule has 192 valence electrons. The lowest BCUT2D eigenvalue weighted by atomic mass is 9.95. The molecular weight excluding hydrogens is 496 g/mol. The standard InChI is InChI=1S/C27H26N2O7S/c1-6-35-26(32)23-15(2)28-27-29(24(23)18-9-12-20(36-16(3)30)21(14-18)34-5)25(31)22(37-27)13-17-7-10-19(33-4)11-8-17/h7-14,24H,6H2,1-5H3/b22-13-/t24-/m0/s1. The predicted molar refractivity (Wildman–Crippen MR) is 138 cm³/mol. The van der Waals surface area contributed by atoms with E-state index >= 15 is 0 Å². The minimum absolute atomic E-state index is 0.166. The Hall–Kier alpha value is -4.18. The Bertz CT molecular complexity index is 1570. The van der Waals surface area contributed by atoms with Crippen LogP contribution < -0.4 is 29.1 Å². The molecule has 0 fully saturated rings. The van der Waals surface area contributed by atoms with E-state index in [-0.39, 0.29) is 29.2 Å². The van der Waals surface area contributed by atoms with Crippen LogP contribution in [-0.2, 0) is 14.3 Å². The van der Waals surface area contributed by atoms with Gasteiger partial charge in [0.15, 0.2) is 16.3 Å². The van der Waals surface area contributed by atoms with E-state index in [1.807, 2.05) is 24.3 Å². The van der Waals surface area contributed by atoms with Crippen LogP contribution in [0, 0.1) is 0 Å². The van der Waals surface area contributed by atoms with E-state index in [1.165, 1.54) is 29.9 Å². The highest BCUT2D eigenvalue weighted by Gasteiger charge is 2.34. The maximum Gasteiger partial charge on any atom is 0.338 e. The van der Waals surface area contributed by atoms with Crippen LogP contribution in [0.15, 0.2) is 63.5 Å². The molecule has 2 heterocycles. The Morgan fingerprint density at radius 3 is 2.43 bits per heavy atom. The number of ether oxygens (including phenoxy) is 4. The monoisotopic (exact) mass is 522 g/mol. The molecule has 0 radical (unpaired) electrons. The summed E-state index contributed by atoms with van der Waals surface area (Å²) >= 11 is 1.23. The first-order valence-corrected chi connectivity index (χ1v) is 12.3. The number of thiazole rings is 1. The number of carbonyl (C=O) groups excluding carboxylic acids is 2. The fraction of sp³-hybridized carbons (Fsp3) is 0.259. The molecule has 9 nitrogen and oxygen atoms in total. The van der Waals surface area contributed by atoms with Crippen molar-refractivity contribution in [3.8, 4) is 17.2 Å². The molecule has 0 bridgehead atoms. The molecule has 1 atom stereocenters. The summed E-state index contributed by atoms with van der Waals surface area (Å²) < 4.78 is 23.1. The SMILES string of the molecule is CCOC(=O)C1=C(C)N=c2s/c(=C\c3ccc(OC)cc3)c(=O)n2[C@H]1c1ccc(OC(C)=O)c(OC)c1. The molecule has 10 heteroatoms. The van der Waals surface area contributed by atoms with Crippen molar-refractivity contribution in [2.45, 2.75) is 26.8 Å². The number of esters is 2. The summed E-state index contributed by atoms with van der Waals surface area (Å²) in [5, 5.41) is 0. The molecule has 0 unspecified atom stereocenters. The summed E-state index contributed by atoms with van der Waals surface area (Å²) in [5.41, 5.74) is 1.77. The summed E-state index contributed by atoms with van der Waals surface area (Å²) in [5.74, 6) is 0.149. The first-order chi connectivity index (χ1) is 17.8. The van der Waals surface area contributed by atoms with Crippen molar-refractivity contribution in [3.05, 3.63) is 84.5 Å². The van der Waals surface area contributed by atoms with E-state index in [4.69, 9.17) is 18.9 Å². The van der Waals surface area contributed by atoms with E-state index in [9.17, 15) is 14.4 Å². The van der Waals surface area contributed by atoms with Gasteiger partial charge in [0.1, 0.15) is 5.75 Å². The van der Waals surface area contributed by atoms with Gasteiger partial charge in [-0.2, -0.15) is 0 Å². The normalized spacial score (nSPS) is 15.1. The summed E-state index contributed by atoms with van der Waals surface area (Å²) in [6, 6.07) is 11.4. The smallest absolute Gasteiger partial charge is 0.338 e. The fourth-order valence-electron chi connectivity index (χ4n) is 4.05. The zero-order chi connectivity index (χ0) is 26.7. The Morgan fingerprint density at radius 1 is 1.08 bits per heavy atom. The topological polar surface area (TPSA) is 105 Å². The van der Waals surface area contributed by atoms with Gasteiger partial charge in [0.2, 0.25) is 0 Å². The van der Waals surface area contributed by atoms with Crippen molar-refractivity contribution >= 4 is 29.4 Å². The van der Waals surface area contributed by atoms with Gasteiger partial charge in [-0.25, -0.2) is 9.79 Å². The second-order valence-electron chi connectivity index (χ2n) is 8.08. The number of aromatic nitrogens is 1. The van der Waals surface area contributed by atoms with Crippen LogP contribution in [0.4, 0.5) is 0 Å². The van der Waals surface area contributed by atoms with Crippen LogP contribution >= 0.6 is 11.3 Å². The molecule has 37 heavy (non-hydrogen) atoms. The van der Waals surface area contributed by atoms with Gasteiger partial charge in [0.25, 0.3) is 5.56 Å². The van der Waals surface area contributed by atoms with E-state index in [2.05, 4.69) is 4.99 Å². The van der Waals surface area contributed by atoms with E-state index in [0.717, 1.165) is 5.56 Å². The van der Waals surface area contributed by atoms with Crippen LogP contribution in [0.3, 0.4) is 0 Å². The van der Waals surface area contributed by atoms with E-state index in [1.54, 1.807) is 45.2 Å². The van der Waals surface area contributed by atoms with Crippen LogP contribution in [0.1, 0.15) is 37.9 Å². The number of benzene rings is 2. The van der Waals surface area contributed by atoms with Gasteiger partial charge in [0, 0.05) is 6.92 Å². The van der Waals surface area contributed by atoms with Gasteiger partial charge >= 0.3 is 11.9 Å². The molecule has 2 aromatic carbocycles. The van der Waals surface area contributed by atoms with Crippen molar-refractivity contribution in [2.75, 3.05) is 20.8 Å². The highest BCUT2D eigenvalue weighted by Crippen LogP contribution is 2.36. The van der Waals surface area contributed by atoms with Crippen molar-refractivity contribution < 1.29 is 28.5 Å². The predicted octanol–water partition coefficient (Wildman–Crippen LogP) is 2.74. The molecule has 1 aromatic heterocycles. The third-order valence-corrected chi connectivity index (χ3v) is 6.67. The number of rotatable bonds is 7. The summed E-state index contributed by atoms with van der Waals surface area (Å²) in [4.78, 5) is 43.3. The second-order valence-corrected chi connectivity index (χ2v) is 9.09. The number of allylic oxidation sites excluding steroid dienone is 1. The highest BCUT2D eigenvalue weighted by atomic mass is 32.1. The third-order valence-electron chi connectivity index (χ3n) is 5.69. The van der Waals surface area contributed by atoms with Crippen molar-refractivity contribution in [1.29, 1.82) is 0 Å². The number of carbonyl (C=O) groups is 2. The maximum atomic E-state index is 13.7. The number of hydrogen-bond acceptors (Lipinski definition) is 9. The van der Waals surface area contributed by atoms with Crippen LogP contribution in [0.5, 0.6) is 17.2 Å². The van der Waals surface area contributed by atoms with Gasteiger partial charge in [-0.3, -0.25) is 14.2 Å². The van der Waals surface area contributed by atoms with Crippen LogP contribution in [0.2, 0.25) is 0 Å². The number of methoxy groups -OCH3 is 2. The molecule has 1 aliphatic rings. The quantitative estimate of drug-likeness (QED) is 0.347. The molecule has 0 saturated carbocycles. The number of hydrogen-bond donors (Lipinski definition) is 0.